The van der Waals surface area contributed by atoms with Crippen molar-refractivity contribution in [3.63, 3.8) is 0 Å². The van der Waals surface area contributed by atoms with E-state index in [1.165, 1.54) is 11.1 Å². The topological polar surface area (TPSA) is 46.3 Å². The fraction of sp³-hybridized carbons (Fsp3) is 0.316. The molecule has 2 rings (SSSR count). The van der Waals surface area contributed by atoms with Crippen molar-refractivity contribution in [2.45, 2.75) is 20.3 Å². The summed E-state index contributed by atoms with van der Waals surface area (Å²) in [6, 6.07) is 16.2. The van der Waals surface area contributed by atoms with Gasteiger partial charge in [-0.3, -0.25) is 4.79 Å². The van der Waals surface area contributed by atoms with Crippen LogP contribution in [0.1, 0.15) is 27.0 Å². The smallest absolute Gasteiger partial charge is 0.254 e. The Labute approximate surface area is 132 Å². The Bertz CT molecular complexity index is 623. The van der Waals surface area contributed by atoms with E-state index in [1.807, 2.05) is 55.1 Å². The Kier molecular flexibility index (Phi) is 5.73. The molecule has 3 heteroatoms. The van der Waals surface area contributed by atoms with E-state index in [0.717, 1.165) is 17.5 Å². The zero-order valence-electron chi connectivity index (χ0n) is 13.4. The average molecular weight is 296 g/mol. The molecule has 0 saturated carbocycles. The summed E-state index contributed by atoms with van der Waals surface area (Å²) in [4.78, 5) is 14.6. The molecule has 1 amide bonds. The molecule has 2 aromatic rings. The highest BCUT2D eigenvalue weighted by atomic mass is 16.2. The Hall–Kier alpha value is -2.13. The second kappa shape index (κ2) is 7.76. The zero-order chi connectivity index (χ0) is 15.9. The molecule has 2 aromatic carbocycles. The van der Waals surface area contributed by atoms with Crippen molar-refractivity contribution in [3.8, 4) is 0 Å². The van der Waals surface area contributed by atoms with Gasteiger partial charge in [0.15, 0.2) is 0 Å². The Balaban J connectivity index is 2.11. The van der Waals surface area contributed by atoms with Crippen LogP contribution in [0.3, 0.4) is 0 Å². The van der Waals surface area contributed by atoms with Crippen molar-refractivity contribution in [2.75, 3.05) is 19.6 Å². The van der Waals surface area contributed by atoms with Crippen molar-refractivity contribution < 1.29 is 4.79 Å². The van der Waals surface area contributed by atoms with Gasteiger partial charge in [-0.1, -0.05) is 48.0 Å². The third-order valence-electron chi connectivity index (χ3n) is 3.81. The van der Waals surface area contributed by atoms with E-state index >= 15 is 0 Å². The number of nitrogens with zero attached hydrogens (tertiary/aromatic N) is 1. The molecule has 0 heterocycles. The summed E-state index contributed by atoms with van der Waals surface area (Å²) in [6.07, 6.45) is 0.845. The van der Waals surface area contributed by atoms with Crippen molar-refractivity contribution in [1.29, 1.82) is 0 Å². The van der Waals surface area contributed by atoms with E-state index in [1.54, 1.807) is 0 Å². The van der Waals surface area contributed by atoms with Crippen molar-refractivity contribution in [2.24, 2.45) is 5.73 Å². The monoisotopic (exact) mass is 296 g/mol. The molecule has 0 aliphatic carbocycles. The molecule has 0 aliphatic heterocycles. The molecule has 0 atom stereocenters. The van der Waals surface area contributed by atoms with Gasteiger partial charge < -0.3 is 10.6 Å². The van der Waals surface area contributed by atoms with Gasteiger partial charge in [0.1, 0.15) is 0 Å². The largest absolute Gasteiger partial charge is 0.337 e. The molecule has 116 valence electrons. The highest BCUT2D eigenvalue weighted by molar-refractivity contribution is 5.95. The third kappa shape index (κ3) is 4.18. The fourth-order valence-electron chi connectivity index (χ4n) is 2.60. The van der Waals surface area contributed by atoms with Gasteiger partial charge in [-0.25, -0.2) is 0 Å². The predicted octanol–water partition coefficient (Wildman–Crippen LogP) is 2.95. The lowest BCUT2D eigenvalue weighted by molar-refractivity contribution is 0.0761. The number of benzene rings is 2. The predicted molar refractivity (Wildman–Crippen MR) is 91.0 cm³/mol. The lowest BCUT2D eigenvalue weighted by Crippen LogP contribution is -2.37. The first-order chi connectivity index (χ1) is 10.6. The Morgan fingerprint density at radius 2 is 1.77 bits per heavy atom. The average Bonchev–Trinajstić information content (AvgIpc) is 2.52. The van der Waals surface area contributed by atoms with E-state index in [4.69, 9.17) is 5.73 Å². The zero-order valence-corrected chi connectivity index (χ0v) is 13.4. The van der Waals surface area contributed by atoms with E-state index in [0.29, 0.717) is 19.6 Å². The molecule has 0 bridgehead atoms. The Morgan fingerprint density at radius 1 is 1.05 bits per heavy atom. The molecule has 22 heavy (non-hydrogen) atoms. The normalized spacial score (nSPS) is 10.5. The summed E-state index contributed by atoms with van der Waals surface area (Å²) in [6.45, 7) is 5.77. The summed E-state index contributed by atoms with van der Waals surface area (Å²) < 4.78 is 0. The number of carbonyl (C=O) groups is 1. The van der Waals surface area contributed by atoms with Crippen LogP contribution in [0, 0.1) is 13.8 Å². The molecule has 0 spiro atoms. The first-order valence-corrected chi connectivity index (χ1v) is 7.72. The first-order valence-electron chi connectivity index (χ1n) is 7.72. The van der Waals surface area contributed by atoms with Crippen LogP contribution in [-0.4, -0.2) is 30.4 Å². The van der Waals surface area contributed by atoms with Crippen LogP contribution in [0.2, 0.25) is 0 Å². The number of aryl methyl sites for hydroxylation is 2. The molecule has 0 aromatic heterocycles. The van der Waals surface area contributed by atoms with Gasteiger partial charge in [0.05, 0.1) is 0 Å². The first kappa shape index (κ1) is 16.2. The molecule has 0 aliphatic rings. The quantitative estimate of drug-likeness (QED) is 0.891. The maximum atomic E-state index is 12.8. The molecule has 0 saturated heterocycles. The van der Waals surface area contributed by atoms with Gasteiger partial charge in [0.2, 0.25) is 0 Å². The Morgan fingerprint density at radius 3 is 2.41 bits per heavy atom. The van der Waals surface area contributed by atoms with Crippen molar-refractivity contribution >= 4 is 5.91 Å². The van der Waals surface area contributed by atoms with Crippen molar-refractivity contribution in [1.82, 2.24) is 4.90 Å². The molecule has 0 radical (unpaired) electrons. The van der Waals surface area contributed by atoms with Crippen LogP contribution in [0.4, 0.5) is 0 Å². The number of carbonyl (C=O) groups excluding carboxylic acids is 1. The molecule has 0 fully saturated rings. The SMILES string of the molecule is Cc1ccc(C(=O)N(CCN)CCc2ccccc2)c(C)c1. The minimum Gasteiger partial charge on any atom is -0.337 e. The summed E-state index contributed by atoms with van der Waals surface area (Å²) in [7, 11) is 0. The third-order valence-corrected chi connectivity index (χ3v) is 3.81. The number of hydrogen-bond acceptors (Lipinski definition) is 2. The van der Waals surface area contributed by atoms with Gasteiger partial charge in [-0.05, 0) is 37.5 Å². The van der Waals surface area contributed by atoms with Crippen LogP contribution >= 0.6 is 0 Å². The number of hydrogen-bond donors (Lipinski definition) is 1. The van der Waals surface area contributed by atoms with Crippen LogP contribution in [0.25, 0.3) is 0 Å². The van der Waals surface area contributed by atoms with Crippen LogP contribution < -0.4 is 5.73 Å². The highest BCUT2D eigenvalue weighted by Gasteiger charge is 2.16. The maximum Gasteiger partial charge on any atom is 0.254 e. The second-order valence-electron chi connectivity index (χ2n) is 5.63. The molecule has 2 N–H and O–H groups in total. The molecule has 3 nitrogen and oxygen atoms in total. The lowest BCUT2D eigenvalue weighted by Gasteiger charge is -2.23. The summed E-state index contributed by atoms with van der Waals surface area (Å²) in [5, 5.41) is 0. The van der Waals surface area contributed by atoms with E-state index < -0.39 is 0 Å². The van der Waals surface area contributed by atoms with E-state index in [2.05, 4.69) is 12.1 Å². The van der Waals surface area contributed by atoms with E-state index in [-0.39, 0.29) is 5.91 Å². The second-order valence-corrected chi connectivity index (χ2v) is 5.63. The van der Waals surface area contributed by atoms with Gasteiger partial charge in [0, 0.05) is 25.2 Å². The van der Waals surface area contributed by atoms with Gasteiger partial charge >= 0.3 is 0 Å². The van der Waals surface area contributed by atoms with Crippen LogP contribution in [-0.2, 0) is 6.42 Å². The molecule has 0 unspecified atom stereocenters. The van der Waals surface area contributed by atoms with Crippen LogP contribution in [0.5, 0.6) is 0 Å². The van der Waals surface area contributed by atoms with E-state index in [9.17, 15) is 4.79 Å². The number of rotatable bonds is 6. The summed E-state index contributed by atoms with van der Waals surface area (Å²) in [5.74, 6) is 0.0684. The highest BCUT2D eigenvalue weighted by Crippen LogP contribution is 2.14. The maximum absolute atomic E-state index is 12.8. The number of nitrogens with two attached hydrogens (primary N) is 1. The summed E-state index contributed by atoms with van der Waals surface area (Å²) >= 11 is 0. The minimum absolute atomic E-state index is 0.0684. The van der Waals surface area contributed by atoms with Gasteiger partial charge in [-0.2, -0.15) is 0 Å². The molecular weight excluding hydrogens is 272 g/mol. The summed E-state index contributed by atoms with van der Waals surface area (Å²) in [5.41, 5.74) is 9.88. The minimum atomic E-state index is 0.0684. The van der Waals surface area contributed by atoms with Crippen LogP contribution in [0.15, 0.2) is 48.5 Å². The lowest BCUT2D eigenvalue weighted by atomic mass is 10.0. The standard InChI is InChI=1S/C19H24N2O/c1-15-8-9-18(16(2)14-15)19(22)21(13-11-20)12-10-17-6-4-3-5-7-17/h3-9,14H,10-13,20H2,1-2H3. The van der Waals surface area contributed by atoms with Gasteiger partial charge in [-0.15, -0.1) is 0 Å². The van der Waals surface area contributed by atoms with Crippen molar-refractivity contribution in [3.05, 3.63) is 70.8 Å². The molecular formula is C19H24N2O. The number of amides is 1. The fourth-order valence-corrected chi connectivity index (χ4v) is 2.60. The van der Waals surface area contributed by atoms with Gasteiger partial charge in [0.25, 0.3) is 5.91 Å².